The number of amides is 2. The number of carbonyl (C=O) groups excluding carboxylic acids is 2. The normalized spacial score (nSPS) is 14.7. The minimum absolute atomic E-state index is 0.0939. The quantitative estimate of drug-likeness (QED) is 0.773. The maximum Gasteiger partial charge on any atom is 0.224 e. The second kappa shape index (κ2) is 9.40. The van der Waals surface area contributed by atoms with Crippen molar-refractivity contribution < 1.29 is 14.3 Å². The molecular weight excluding hydrogens is 352 g/mol. The summed E-state index contributed by atoms with van der Waals surface area (Å²) in [5, 5.41) is 0. The minimum atomic E-state index is 0.0939. The Bertz CT molecular complexity index is 834. The lowest BCUT2D eigenvalue weighted by molar-refractivity contribution is -0.131. The van der Waals surface area contributed by atoms with Crippen LogP contribution in [0.1, 0.15) is 29.5 Å². The largest absolute Gasteiger partial charge is 0.496 e. The summed E-state index contributed by atoms with van der Waals surface area (Å²) in [5.74, 6) is 1.02. The molecule has 1 aliphatic heterocycles. The van der Waals surface area contributed by atoms with E-state index in [1.54, 1.807) is 7.11 Å². The zero-order valence-corrected chi connectivity index (χ0v) is 16.7. The van der Waals surface area contributed by atoms with Crippen LogP contribution in [0.4, 0.5) is 0 Å². The van der Waals surface area contributed by atoms with Crippen LogP contribution in [0, 0.1) is 6.92 Å². The summed E-state index contributed by atoms with van der Waals surface area (Å²) in [4.78, 5) is 28.9. The molecule has 0 aliphatic carbocycles. The zero-order chi connectivity index (χ0) is 19.9. The molecular formula is C23H28N2O3. The van der Waals surface area contributed by atoms with Gasteiger partial charge in [0.15, 0.2) is 0 Å². The molecule has 0 unspecified atom stereocenters. The molecule has 5 heteroatoms. The molecule has 2 amide bonds. The van der Waals surface area contributed by atoms with E-state index in [-0.39, 0.29) is 11.8 Å². The average Bonchev–Trinajstić information content (AvgIpc) is 2.90. The SMILES string of the molecule is COc1ccccc1CCC(=O)N1CCC(=O)N(Cc2ccccc2C)CC1. The number of ether oxygens (including phenoxy) is 1. The Hall–Kier alpha value is -2.82. The fraction of sp³-hybridized carbons (Fsp3) is 0.391. The van der Waals surface area contributed by atoms with E-state index < -0.39 is 0 Å². The van der Waals surface area contributed by atoms with Crippen LogP contribution in [0.5, 0.6) is 5.75 Å². The predicted molar refractivity (Wildman–Crippen MR) is 109 cm³/mol. The van der Waals surface area contributed by atoms with Gasteiger partial charge >= 0.3 is 0 Å². The van der Waals surface area contributed by atoms with Gasteiger partial charge in [-0.2, -0.15) is 0 Å². The fourth-order valence-corrected chi connectivity index (χ4v) is 3.59. The monoisotopic (exact) mass is 380 g/mol. The first-order chi connectivity index (χ1) is 13.6. The molecule has 5 nitrogen and oxygen atoms in total. The molecule has 148 valence electrons. The van der Waals surface area contributed by atoms with E-state index in [4.69, 9.17) is 4.74 Å². The Kier molecular flexibility index (Phi) is 6.69. The molecule has 2 aromatic rings. The van der Waals surface area contributed by atoms with Gasteiger partial charge in [0, 0.05) is 39.0 Å². The van der Waals surface area contributed by atoms with Gasteiger partial charge in [-0.3, -0.25) is 9.59 Å². The molecule has 0 N–H and O–H groups in total. The number of para-hydroxylation sites is 1. The third kappa shape index (κ3) is 4.91. The molecule has 2 aromatic carbocycles. The van der Waals surface area contributed by atoms with Crippen molar-refractivity contribution >= 4 is 11.8 Å². The van der Waals surface area contributed by atoms with Gasteiger partial charge in [0.05, 0.1) is 7.11 Å². The molecule has 1 heterocycles. The third-order valence-corrected chi connectivity index (χ3v) is 5.36. The number of carbonyl (C=O) groups is 2. The van der Waals surface area contributed by atoms with Crippen LogP contribution < -0.4 is 4.74 Å². The van der Waals surface area contributed by atoms with Crippen molar-refractivity contribution in [3.63, 3.8) is 0 Å². The number of hydrogen-bond donors (Lipinski definition) is 0. The van der Waals surface area contributed by atoms with E-state index >= 15 is 0 Å². The summed E-state index contributed by atoms with van der Waals surface area (Å²) < 4.78 is 5.36. The van der Waals surface area contributed by atoms with Crippen LogP contribution in [0.15, 0.2) is 48.5 Å². The smallest absolute Gasteiger partial charge is 0.224 e. The maximum atomic E-state index is 12.7. The predicted octanol–water partition coefficient (Wildman–Crippen LogP) is 3.20. The maximum absolute atomic E-state index is 12.7. The summed E-state index contributed by atoms with van der Waals surface area (Å²) in [6, 6.07) is 15.9. The third-order valence-electron chi connectivity index (χ3n) is 5.36. The second-order valence-corrected chi connectivity index (χ2v) is 7.18. The van der Waals surface area contributed by atoms with E-state index in [1.165, 1.54) is 5.56 Å². The molecule has 0 bridgehead atoms. The Morgan fingerprint density at radius 2 is 1.71 bits per heavy atom. The highest BCUT2D eigenvalue weighted by molar-refractivity contribution is 5.80. The molecule has 0 aromatic heterocycles. The number of aryl methyl sites for hydroxylation is 2. The van der Waals surface area contributed by atoms with E-state index in [0.717, 1.165) is 16.9 Å². The Balaban J connectivity index is 1.57. The van der Waals surface area contributed by atoms with Crippen molar-refractivity contribution in [3.8, 4) is 5.75 Å². The summed E-state index contributed by atoms with van der Waals surface area (Å²) in [5.41, 5.74) is 3.38. The number of rotatable bonds is 6. The molecule has 1 fully saturated rings. The van der Waals surface area contributed by atoms with Gasteiger partial charge in [-0.05, 0) is 36.1 Å². The molecule has 0 spiro atoms. The first-order valence-electron chi connectivity index (χ1n) is 9.80. The van der Waals surface area contributed by atoms with Crippen molar-refractivity contribution in [2.24, 2.45) is 0 Å². The van der Waals surface area contributed by atoms with Gasteiger partial charge in [-0.15, -0.1) is 0 Å². The number of methoxy groups -OCH3 is 1. The Labute approximate surface area is 166 Å². The van der Waals surface area contributed by atoms with Gasteiger partial charge in [0.25, 0.3) is 0 Å². The van der Waals surface area contributed by atoms with Gasteiger partial charge in [0.2, 0.25) is 11.8 Å². The lowest BCUT2D eigenvalue weighted by Crippen LogP contribution is -2.35. The topological polar surface area (TPSA) is 49.9 Å². The van der Waals surface area contributed by atoms with E-state index in [1.807, 2.05) is 46.2 Å². The molecule has 0 saturated carbocycles. The average molecular weight is 380 g/mol. The standard InChI is InChI=1S/C23H28N2O3/c1-18-7-3-4-9-20(18)17-25-16-15-24(14-13-23(25)27)22(26)12-11-19-8-5-6-10-21(19)28-2/h3-10H,11-17H2,1-2H3. The van der Waals surface area contributed by atoms with Crippen LogP contribution in [0.3, 0.4) is 0 Å². The van der Waals surface area contributed by atoms with Gasteiger partial charge in [-0.25, -0.2) is 0 Å². The van der Waals surface area contributed by atoms with Gasteiger partial charge in [-0.1, -0.05) is 42.5 Å². The van der Waals surface area contributed by atoms with Crippen molar-refractivity contribution in [1.29, 1.82) is 0 Å². The Morgan fingerprint density at radius 1 is 1.00 bits per heavy atom. The number of hydrogen-bond acceptors (Lipinski definition) is 3. The van der Waals surface area contributed by atoms with Crippen molar-refractivity contribution in [2.45, 2.75) is 32.7 Å². The van der Waals surface area contributed by atoms with Gasteiger partial charge in [0.1, 0.15) is 5.75 Å². The van der Waals surface area contributed by atoms with Crippen LogP contribution in [0.25, 0.3) is 0 Å². The summed E-state index contributed by atoms with van der Waals surface area (Å²) in [7, 11) is 1.64. The van der Waals surface area contributed by atoms with Crippen molar-refractivity contribution in [1.82, 2.24) is 9.80 Å². The summed E-state index contributed by atoms with van der Waals surface area (Å²) in [6.45, 7) is 4.32. The van der Waals surface area contributed by atoms with Crippen molar-refractivity contribution in [3.05, 3.63) is 65.2 Å². The lowest BCUT2D eigenvalue weighted by atomic mass is 10.1. The van der Waals surface area contributed by atoms with Crippen molar-refractivity contribution in [2.75, 3.05) is 26.7 Å². The highest BCUT2D eigenvalue weighted by atomic mass is 16.5. The second-order valence-electron chi connectivity index (χ2n) is 7.18. The summed E-state index contributed by atoms with van der Waals surface area (Å²) in [6.07, 6.45) is 1.44. The van der Waals surface area contributed by atoms with Crippen LogP contribution in [0.2, 0.25) is 0 Å². The molecule has 1 saturated heterocycles. The first kappa shape index (κ1) is 19.9. The molecule has 28 heavy (non-hydrogen) atoms. The molecule has 0 radical (unpaired) electrons. The fourth-order valence-electron chi connectivity index (χ4n) is 3.59. The molecule has 1 aliphatic rings. The highest BCUT2D eigenvalue weighted by Crippen LogP contribution is 2.20. The van der Waals surface area contributed by atoms with E-state index in [9.17, 15) is 9.59 Å². The summed E-state index contributed by atoms with van der Waals surface area (Å²) >= 11 is 0. The molecule has 3 rings (SSSR count). The first-order valence-corrected chi connectivity index (χ1v) is 9.80. The zero-order valence-electron chi connectivity index (χ0n) is 16.7. The lowest BCUT2D eigenvalue weighted by Gasteiger charge is -2.23. The van der Waals surface area contributed by atoms with E-state index in [0.29, 0.717) is 45.4 Å². The number of nitrogens with zero attached hydrogens (tertiary/aromatic N) is 2. The molecule has 0 atom stereocenters. The minimum Gasteiger partial charge on any atom is -0.496 e. The number of benzene rings is 2. The van der Waals surface area contributed by atoms with Crippen LogP contribution >= 0.6 is 0 Å². The van der Waals surface area contributed by atoms with Crippen LogP contribution in [-0.2, 0) is 22.6 Å². The van der Waals surface area contributed by atoms with E-state index in [2.05, 4.69) is 19.1 Å². The van der Waals surface area contributed by atoms with Crippen LogP contribution in [-0.4, -0.2) is 48.4 Å². The highest BCUT2D eigenvalue weighted by Gasteiger charge is 2.24. The Morgan fingerprint density at radius 3 is 2.46 bits per heavy atom. The van der Waals surface area contributed by atoms with Gasteiger partial charge < -0.3 is 14.5 Å².